The lowest BCUT2D eigenvalue weighted by Crippen LogP contribution is -2.30. The van der Waals surface area contributed by atoms with E-state index >= 15 is 0 Å². The normalized spacial score (nSPS) is 11.2. The second-order valence-corrected chi connectivity index (χ2v) is 9.45. The number of hydrogen-bond acceptors (Lipinski definition) is 4. The standard InChI is InChI=1S/C31H25ClN4O2/c1-21(37)8-9-22-14-27(18-33-17-22)36(31(38)23-6-4-3-5-7-23)19-26-11-10-24(15-28(26)32)25-12-13-30-29(16-25)34-20-35(30)2/h3-18,20H,19H2,1-2H3/b9-8+. The summed E-state index contributed by atoms with van der Waals surface area (Å²) in [6, 6.07) is 22.9. The second-order valence-electron chi connectivity index (χ2n) is 9.04. The maximum atomic E-state index is 13.6. The SMILES string of the molecule is CC(=O)/C=C/c1cncc(N(Cc2ccc(-c3ccc4c(c3)ncn4C)cc2Cl)C(=O)c2ccccc2)c1. The van der Waals surface area contributed by atoms with Crippen LogP contribution in [0.5, 0.6) is 0 Å². The van der Waals surface area contributed by atoms with Gasteiger partial charge in [-0.15, -0.1) is 0 Å². The molecule has 5 rings (SSSR count). The number of nitrogens with zero attached hydrogens (tertiary/aromatic N) is 4. The van der Waals surface area contributed by atoms with Crippen LogP contribution in [-0.4, -0.2) is 26.2 Å². The van der Waals surface area contributed by atoms with Crippen molar-refractivity contribution in [3.8, 4) is 11.1 Å². The smallest absolute Gasteiger partial charge is 0.258 e. The van der Waals surface area contributed by atoms with Gasteiger partial charge in [0.15, 0.2) is 5.78 Å². The molecular formula is C31H25ClN4O2. The number of aryl methyl sites for hydroxylation is 1. The number of allylic oxidation sites excluding steroid dienone is 1. The summed E-state index contributed by atoms with van der Waals surface area (Å²) in [5, 5.41) is 0.551. The van der Waals surface area contributed by atoms with E-state index in [1.165, 1.54) is 13.0 Å². The van der Waals surface area contributed by atoms with Crippen molar-refractivity contribution in [2.75, 3.05) is 4.90 Å². The van der Waals surface area contributed by atoms with Crippen LogP contribution >= 0.6 is 11.6 Å². The Morgan fingerprint density at radius 3 is 2.50 bits per heavy atom. The molecule has 1 amide bonds. The highest BCUT2D eigenvalue weighted by atomic mass is 35.5. The zero-order valence-corrected chi connectivity index (χ0v) is 21.8. The van der Waals surface area contributed by atoms with Crippen LogP contribution in [0, 0.1) is 0 Å². The fourth-order valence-corrected chi connectivity index (χ4v) is 4.50. The Bertz CT molecular complexity index is 1670. The molecule has 0 aliphatic heterocycles. The van der Waals surface area contributed by atoms with Gasteiger partial charge in [0.25, 0.3) is 5.91 Å². The third kappa shape index (κ3) is 5.41. The Morgan fingerprint density at radius 1 is 0.974 bits per heavy atom. The van der Waals surface area contributed by atoms with Gasteiger partial charge in [-0.3, -0.25) is 14.6 Å². The van der Waals surface area contributed by atoms with Crippen molar-refractivity contribution in [3.05, 3.63) is 119 Å². The number of carbonyl (C=O) groups is 2. The van der Waals surface area contributed by atoms with Gasteiger partial charge in [-0.05, 0) is 77.7 Å². The van der Waals surface area contributed by atoms with Crippen LogP contribution in [0.3, 0.4) is 0 Å². The number of anilines is 1. The third-order valence-electron chi connectivity index (χ3n) is 6.27. The predicted molar refractivity (Wildman–Crippen MR) is 152 cm³/mol. The number of imidazole rings is 1. The predicted octanol–water partition coefficient (Wildman–Crippen LogP) is 6.74. The summed E-state index contributed by atoms with van der Waals surface area (Å²) in [5.74, 6) is -0.248. The van der Waals surface area contributed by atoms with Crippen LogP contribution in [0.25, 0.3) is 28.2 Å². The molecule has 38 heavy (non-hydrogen) atoms. The lowest BCUT2D eigenvalue weighted by atomic mass is 10.0. The molecular weight excluding hydrogens is 496 g/mol. The molecule has 0 saturated heterocycles. The molecule has 3 aromatic carbocycles. The van der Waals surface area contributed by atoms with Crippen molar-refractivity contribution >= 4 is 46.1 Å². The average Bonchev–Trinajstić information content (AvgIpc) is 3.31. The van der Waals surface area contributed by atoms with Gasteiger partial charge < -0.3 is 9.47 Å². The van der Waals surface area contributed by atoms with Crippen LogP contribution in [0.2, 0.25) is 5.02 Å². The lowest BCUT2D eigenvalue weighted by molar-refractivity contribution is -0.112. The number of benzene rings is 3. The first-order chi connectivity index (χ1) is 18.4. The zero-order valence-electron chi connectivity index (χ0n) is 21.0. The molecule has 7 heteroatoms. The van der Waals surface area contributed by atoms with Crippen LogP contribution in [0.1, 0.15) is 28.4 Å². The molecule has 2 aromatic heterocycles. The van der Waals surface area contributed by atoms with E-state index in [1.54, 1.807) is 41.8 Å². The van der Waals surface area contributed by atoms with Crippen LogP contribution in [0.15, 0.2) is 97.6 Å². The minimum absolute atomic E-state index is 0.0679. The van der Waals surface area contributed by atoms with E-state index in [0.29, 0.717) is 16.3 Å². The quantitative estimate of drug-likeness (QED) is 0.223. The van der Waals surface area contributed by atoms with Crippen LogP contribution in [0.4, 0.5) is 5.69 Å². The first-order valence-corrected chi connectivity index (χ1v) is 12.5. The van der Waals surface area contributed by atoms with Gasteiger partial charge in [0.05, 0.1) is 35.8 Å². The fraction of sp³-hybridized carbons (Fsp3) is 0.0968. The Labute approximate surface area is 225 Å². The van der Waals surface area contributed by atoms with E-state index in [1.807, 2.05) is 72.3 Å². The van der Waals surface area contributed by atoms with Gasteiger partial charge in [0, 0.05) is 23.8 Å². The number of rotatable bonds is 7. The maximum absolute atomic E-state index is 13.6. The Balaban J connectivity index is 1.49. The highest BCUT2D eigenvalue weighted by Crippen LogP contribution is 2.30. The van der Waals surface area contributed by atoms with Crippen molar-refractivity contribution in [2.45, 2.75) is 13.5 Å². The highest BCUT2D eigenvalue weighted by Gasteiger charge is 2.20. The topological polar surface area (TPSA) is 68.1 Å². The van der Waals surface area contributed by atoms with Crippen molar-refractivity contribution in [1.29, 1.82) is 0 Å². The molecule has 0 fully saturated rings. The summed E-state index contributed by atoms with van der Waals surface area (Å²) < 4.78 is 1.98. The van der Waals surface area contributed by atoms with E-state index in [0.717, 1.165) is 33.3 Å². The molecule has 0 N–H and O–H groups in total. The fourth-order valence-electron chi connectivity index (χ4n) is 4.26. The van der Waals surface area contributed by atoms with Crippen molar-refractivity contribution < 1.29 is 9.59 Å². The molecule has 0 aliphatic rings. The molecule has 0 bridgehead atoms. The highest BCUT2D eigenvalue weighted by molar-refractivity contribution is 6.31. The molecule has 6 nitrogen and oxygen atoms in total. The summed E-state index contributed by atoms with van der Waals surface area (Å²) in [7, 11) is 1.97. The van der Waals surface area contributed by atoms with E-state index in [-0.39, 0.29) is 18.2 Å². The van der Waals surface area contributed by atoms with Gasteiger partial charge in [-0.2, -0.15) is 0 Å². The van der Waals surface area contributed by atoms with Gasteiger partial charge in [0.2, 0.25) is 0 Å². The van der Waals surface area contributed by atoms with Gasteiger partial charge >= 0.3 is 0 Å². The van der Waals surface area contributed by atoms with Crippen LogP contribution < -0.4 is 4.90 Å². The molecule has 0 spiro atoms. The monoisotopic (exact) mass is 520 g/mol. The minimum Gasteiger partial charge on any atom is -0.334 e. The Hall–Kier alpha value is -4.55. The third-order valence-corrected chi connectivity index (χ3v) is 6.63. The molecule has 5 aromatic rings. The van der Waals surface area contributed by atoms with E-state index < -0.39 is 0 Å². The van der Waals surface area contributed by atoms with Crippen LogP contribution in [-0.2, 0) is 18.4 Å². The number of aromatic nitrogens is 3. The van der Waals surface area contributed by atoms with E-state index in [4.69, 9.17) is 11.6 Å². The summed E-state index contributed by atoms with van der Waals surface area (Å²) in [4.78, 5) is 35.4. The van der Waals surface area contributed by atoms with Gasteiger partial charge in [0.1, 0.15) is 0 Å². The summed E-state index contributed by atoms with van der Waals surface area (Å²) >= 11 is 6.78. The Morgan fingerprint density at radius 2 is 1.74 bits per heavy atom. The minimum atomic E-state index is -0.180. The lowest BCUT2D eigenvalue weighted by Gasteiger charge is -2.24. The molecule has 2 heterocycles. The summed E-state index contributed by atoms with van der Waals surface area (Å²) in [6.07, 6.45) is 8.24. The average molecular weight is 521 g/mol. The Kier molecular flexibility index (Phi) is 7.15. The zero-order chi connectivity index (χ0) is 26.6. The number of fused-ring (bicyclic) bond motifs is 1. The number of pyridine rings is 1. The number of halogens is 1. The molecule has 0 aliphatic carbocycles. The maximum Gasteiger partial charge on any atom is 0.258 e. The van der Waals surface area contributed by atoms with E-state index in [2.05, 4.69) is 9.97 Å². The summed E-state index contributed by atoms with van der Waals surface area (Å²) in [5.41, 5.74) is 6.61. The molecule has 0 radical (unpaired) electrons. The van der Waals surface area contributed by atoms with Crippen molar-refractivity contribution in [1.82, 2.24) is 14.5 Å². The van der Waals surface area contributed by atoms with Gasteiger partial charge in [-0.25, -0.2) is 4.98 Å². The first-order valence-electron chi connectivity index (χ1n) is 12.1. The van der Waals surface area contributed by atoms with Crippen molar-refractivity contribution in [3.63, 3.8) is 0 Å². The van der Waals surface area contributed by atoms with Crippen molar-refractivity contribution in [2.24, 2.45) is 7.05 Å². The molecule has 0 saturated carbocycles. The largest absolute Gasteiger partial charge is 0.334 e. The molecule has 0 unspecified atom stereocenters. The molecule has 188 valence electrons. The first kappa shape index (κ1) is 25.1. The number of carbonyl (C=O) groups excluding carboxylic acids is 2. The number of amides is 1. The summed E-state index contributed by atoms with van der Waals surface area (Å²) in [6.45, 7) is 1.73. The second kappa shape index (κ2) is 10.8. The number of ketones is 1. The van der Waals surface area contributed by atoms with Gasteiger partial charge in [-0.1, -0.05) is 48.0 Å². The van der Waals surface area contributed by atoms with E-state index in [9.17, 15) is 9.59 Å². The number of hydrogen-bond donors (Lipinski definition) is 0. The molecule has 0 atom stereocenters.